The molecule has 0 spiro atoms. The van der Waals surface area contributed by atoms with E-state index in [2.05, 4.69) is 11.2 Å². The number of hydrogen-bond donors (Lipinski definition) is 2. The third-order valence-electron chi connectivity index (χ3n) is 1.03. The molecule has 0 aliphatic carbocycles. The van der Waals surface area contributed by atoms with Gasteiger partial charge in [0.05, 0.1) is 12.8 Å². The van der Waals surface area contributed by atoms with E-state index in [0.717, 1.165) is 0 Å². The Bertz CT molecular complexity index is 200. The van der Waals surface area contributed by atoms with Crippen LogP contribution in [0.2, 0.25) is 0 Å². The number of aliphatic hydroxyl groups is 1. The topological polar surface area (TPSA) is 59.1 Å². The lowest BCUT2D eigenvalue weighted by Gasteiger charge is -1.96. The first kappa shape index (κ1) is 6.04. The molecular weight excluding hydrogens is 116 g/mol. The zero-order chi connectivity index (χ0) is 6.69. The van der Waals surface area contributed by atoms with E-state index in [-0.39, 0.29) is 6.61 Å². The van der Waals surface area contributed by atoms with Gasteiger partial charge in [-0.15, -0.1) is 0 Å². The second-order valence-electron chi connectivity index (χ2n) is 1.65. The van der Waals surface area contributed by atoms with Gasteiger partial charge in [-0.25, -0.2) is 0 Å². The highest BCUT2D eigenvalue weighted by atomic mass is 16.3. The van der Waals surface area contributed by atoms with Crippen molar-refractivity contribution in [3.63, 3.8) is 0 Å². The predicted octanol–water partition coefficient (Wildman–Crippen LogP) is -0.0437. The second kappa shape index (κ2) is 2.46. The molecule has 1 radical (unpaired) electrons. The van der Waals surface area contributed by atoms with Crippen LogP contribution in [0.3, 0.4) is 0 Å². The van der Waals surface area contributed by atoms with Crippen LogP contribution in [0, 0.1) is 6.20 Å². The molecule has 9 heavy (non-hydrogen) atoms. The van der Waals surface area contributed by atoms with Crippen molar-refractivity contribution in [2.24, 2.45) is 0 Å². The number of nitrogens with two attached hydrogens (primary N) is 1. The van der Waals surface area contributed by atoms with Gasteiger partial charge in [-0.3, -0.25) is 4.98 Å². The number of aliphatic hydroxyl groups excluding tert-OH is 1. The Morgan fingerprint density at radius 3 is 3.00 bits per heavy atom. The molecule has 1 aromatic heterocycles. The molecule has 3 heteroatoms. The number of rotatable bonds is 1. The summed E-state index contributed by atoms with van der Waals surface area (Å²) in [7, 11) is 0. The van der Waals surface area contributed by atoms with Gasteiger partial charge >= 0.3 is 0 Å². The van der Waals surface area contributed by atoms with E-state index in [1.54, 1.807) is 6.07 Å². The number of hydrogen-bond acceptors (Lipinski definition) is 3. The molecule has 0 fully saturated rings. The van der Waals surface area contributed by atoms with Gasteiger partial charge in [0.1, 0.15) is 0 Å². The SMILES string of the molecule is Nc1ccn[c]c1CO. The number of aromatic nitrogens is 1. The molecule has 0 saturated carbocycles. The molecule has 0 aliphatic rings. The lowest BCUT2D eigenvalue weighted by molar-refractivity contribution is 0.282. The van der Waals surface area contributed by atoms with Crippen molar-refractivity contribution in [2.45, 2.75) is 6.61 Å². The lowest BCUT2D eigenvalue weighted by atomic mass is 10.2. The molecule has 47 valence electrons. The third kappa shape index (κ3) is 1.17. The molecule has 3 nitrogen and oxygen atoms in total. The van der Waals surface area contributed by atoms with E-state index < -0.39 is 0 Å². The Kier molecular flexibility index (Phi) is 1.65. The molecule has 0 unspecified atom stereocenters. The maximum atomic E-state index is 8.57. The van der Waals surface area contributed by atoms with E-state index in [9.17, 15) is 0 Å². The minimum Gasteiger partial charge on any atom is -0.398 e. The first-order valence-corrected chi connectivity index (χ1v) is 2.56. The number of pyridine rings is 1. The van der Waals surface area contributed by atoms with Crippen molar-refractivity contribution in [1.29, 1.82) is 0 Å². The monoisotopic (exact) mass is 123 g/mol. The van der Waals surface area contributed by atoms with Gasteiger partial charge in [0.25, 0.3) is 0 Å². The Balaban J connectivity index is 3.01. The Morgan fingerprint density at radius 1 is 1.78 bits per heavy atom. The minimum atomic E-state index is -0.0975. The van der Waals surface area contributed by atoms with Gasteiger partial charge in [0.2, 0.25) is 0 Å². The Morgan fingerprint density at radius 2 is 2.56 bits per heavy atom. The van der Waals surface area contributed by atoms with Crippen LogP contribution in [-0.2, 0) is 6.61 Å². The summed E-state index contributed by atoms with van der Waals surface area (Å²) in [5.41, 5.74) is 6.49. The van der Waals surface area contributed by atoms with Gasteiger partial charge in [-0.2, -0.15) is 0 Å². The molecular formula is C6H7N2O. The summed E-state index contributed by atoms with van der Waals surface area (Å²) >= 11 is 0. The van der Waals surface area contributed by atoms with Gasteiger partial charge < -0.3 is 10.8 Å². The van der Waals surface area contributed by atoms with E-state index in [1.165, 1.54) is 6.20 Å². The average molecular weight is 123 g/mol. The highest BCUT2D eigenvalue weighted by Gasteiger charge is 1.93. The molecule has 1 aromatic rings. The maximum absolute atomic E-state index is 8.57. The summed E-state index contributed by atoms with van der Waals surface area (Å²) in [6.45, 7) is -0.0975. The van der Waals surface area contributed by atoms with Gasteiger partial charge in [0, 0.05) is 17.4 Å². The summed E-state index contributed by atoms with van der Waals surface area (Å²) in [6, 6.07) is 1.63. The van der Waals surface area contributed by atoms with Crippen LogP contribution in [0.1, 0.15) is 5.56 Å². The fourth-order valence-corrected chi connectivity index (χ4v) is 0.525. The van der Waals surface area contributed by atoms with Crippen molar-refractivity contribution in [3.8, 4) is 0 Å². The summed E-state index contributed by atoms with van der Waals surface area (Å²) in [5, 5.41) is 8.57. The van der Waals surface area contributed by atoms with Crippen LogP contribution >= 0.6 is 0 Å². The zero-order valence-corrected chi connectivity index (χ0v) is 4.83. The molecule has 0 aromatic carbocycles. The smallest absolute Gasteiger partial charge is 0.0966 e. The summed E-state index contributed by atoms with van der Waals surface area (Å²) in [4.78, 5) is 3.65. The fourth-order valence-electron chi connectivity index (χ4n) is 0.525. The largest absolute Gasteiger partial charge is 0.398 e. The van der Waals surface area contributed by atoms with Crippen LogP contribution in [0.25, 0.3) is 0 Å². The fraction of sp³-hybridized carbons (Fsp3) is 0.167. The molecule has 0 bridgehead atoms. The highest BCUT2D eigenvalue weighted by molar-refractivity contribution is 5.42. The average Bonchev–Trinajstić information content (AvgIpc) is 1.89. The molecule has 1 heterocycles. The van der Waals surface area contributed by atoms with Gasteiger partial charge in [-0.1, -0.05) is 0 Å². The third-order valence-corrected chi connectivity index (χ3v) is 1.03. The molecule has 0 saturated heterocycles. The normalized spacial score (nSPS) is 9.44. The van der Waals surface area contributed by atoms with Crippen LogP contribution in [-0.4, -0.2) is 10.1 Å². The second-order valence-corrected chi connectivity index (χ2v) is 1.65. The number of nitrogen functional groups attached to an aromatic ring is 1. The van der Waals surface area contributed by atoms with E-state index >= 15 is 0 Å². The summed E-state index contributed by atoms with van der Waals surface area (Å²) in [6.07, 6.45) is 4.10. The van der Waals surface area contributed by atoms with Crippen molar-refractivity contribution in [2.75, 3.05) is 5.73 Å². The first-order valence-electron chi connectivity index (χ1n) is 2.56. The standard InChI is InChI=1S/C6H7N2O/c7-6-1-2-8-3-5(6)4-9/h1-2,9H,4H2,(H2,7,8). The van der Waals surface area contributed by atoms with Gasteiger partial charge in [-0.05, 0) is 6.07 Å². The predicted molar refractivity (Wildman–Crippen MR) is 33.4 cm³/mol. The van der Waals surface area contributed by atoms with Crippen LogP contribution < -0.4 is 5.73 Å². The quantitative estimate of drug-likeness (QED) is 0.550. The van der Waals surface area contributed by atoms with Crippen LogP contribution in [0.15, 0.2) is 12.3 Å². The Hall–Kier alpha value is -1.09. The molecule has 0 aliphatic heterocycles. The zero-order valence-electron chi connectivity index (χ0n) is 4.83. The molecule has 3 N–H and O–H groups in total. The van der Waals surface area contributed by atoms with E-state index in [4.69, 9.17) is 10.8 Å². The van der Waals surface area contributed by atoms with Crippen LogP contribution in [0.5, 0.6) is 0 Å². The number of nitrogens with zero attached hydrogens (tertiary/aromatic N) is 1. The van der Waals surface area contributed by atoms with Crippen molar-refractivity contribution >= 4 is 5.69 Å². The molecule has 0 amide bonds. The maximum Gasteiger partial charge on any atom is 0.0966 e. The van der Waals surface area contributed by atoms with Crippen molar-refractivity contribution in [1.82, 2.24) is 4.98 Å². The summed E-state index contributed by atoms with van der Waals surface area (Å²) in [5.74, 6) is 0. The Labute approximate surface area is 53.2 Å². The van der Waals surface area contributed by atoms with Crippen LogP contribution in [0.4, 0.5) is 5.69 Å². The minimum absolute atomic E-state index is 0.0975. The summed E-state index contributed by atoms with van der Waals surface area (Å²) < 4.78 is 0. The molecule has 1 rings (SSSR count). The van der Waals surface area contributed by atoms with Crippen molar-refractivity contribution in [3.05, 3.63) is 24.0 Å². The molecule has 0 atom stereocenters. The van der Waals surface area contributed by atoms with Gasteiger partial charge in [0.15, 0.2) is 0 Å². The first-order chi connectivity index (χ1) is 4.34. The number of anilines is 1. The van der Waals surface area contributed by atoms with E-state index in [0.29, 0.717) is 11.3 Å². The highest BCUT2D eigenvalue weighted by Crippen LogP contribution is 2.05. The lowest BCUT2D eigenvalue weighted by Crippen LogP contribution is -1.94. The van der Waals surface area contributed by atoms with Crippen molar-refractivity contribution < 1.29 is 5.11 Å². The van der Waals surface area contributed by atoms with E-state index in [1.807, 2.05) is 0 Å².